The van der Waals surface area contributed by atoms with Crippen molar-refractivity contribution in [3.63, 3.8) is 0 Å². The van der Waals surface area contributed by atoms with Gasteiger partial charge in [0.05, 0.1) is 0 Å². The Balaban J connectivity index is 3.57. The molecular formula is C14H29NO. The van der Waals surface area contributed by atoms with Gasteiger partial charge in [-0.1, -0.05) is 45.4 Å². The average molecular weight is 227 g/mol. The first-order valence-electron chi connectivity index (χ1n) is 6.73. The summed E-state index contributed by atoms with van der Waals surface area (Å²) in [5.74, 6) is 0.600. The molecule has 2 heteroatoms. The molecule has 0 aliphatic rings. The van der Waals surface area contributed by atoms with Crippen LogP contribution in [0.1, 0.15) is 58.8 Å². The lowest BCUT2D eigenvalue weighted by molar-refractivity contribution is -0.121. The van der Waals surface area contributed by atoms with Crippen LogP contribution in [0.4, 0.5) is 0 Å². The zero-order chi connectivity index (χ0) is 12.4. The molecule has 96 valence electrons. The van der Waals surface area contributed by atoms with Crippen LogP contribution in [0.5, 0.6) is 0 Å². The van der Waals surface area contributed by atoms with E-state index in [1.807, 2.05) is 14.1 Å². The molecule has 0 aromatic heterocycles. The summed E-state index contributed by atoms with van der Waals surface area (Å²) in [6.07, 6.45) is 8.92. The molecule has 0 bridgehead atoms. The van der Waals surface area contributed by atoms with Crippen molar-refractivity contribution < 1.29 is 4.79 Å². The molecule has 0 saturated carbocycles. The van der Waals surface area contributed by atoms with Crippen molar-refractivity contribution in [2.24, 2.45) is 5.92 Å². The van der Waals surface area contributed by atoms with Crippen molar-refractivity contribution in [3.05, 3.63) is 0 Å². The Morgan fingerprint density at radius 1 is 1.06 bits per heavy atom. The topological polar surface area (TPSA) is 20.3 Å². The van der Waals surface area contributed by atoms with E-state index in [-0.39, 0.29) is 5.92 Å². The van der Waals surface area contributed by atoms with E-state index in [0.29, 0.717) is 5.78 Å². The predicted molar refractivity (Wildman–Crippen MR) is 70.7 cm³/mol. The standard InChI is InChI=1S/C14H29NO/c1-5-6-7-8-9-10-11-14(13(2)16)12-15(3)4/h14H,5-12H2,1-4H3. The summed E-state index contributed by atoms with van der Waals surface area (Å²) < 4.78 is 0. The second-order valence-electron chi connectivity index (χ2n) is 5.13. The quantitative estimate of drug-likeness (QED) is 0.532. The third kappa shape index (κ3) is 8.90. The molecule has 2 nitrogen and oxygen atoms in total. The van der Waals surface area contributed by atoms with E-state index < -0.39 is 0 Å². The van der Waals surface area contributed by atoms with E-state index in [0.717, 1.165) is 13.0 Å². The maximum atomic E-state index is 11.4. The second-order valence-corrected chi connectivity index (χ2v) is 5.13. The van der Waals surface area contributed by atoms with E-state index in [2.05, 4.69) is 11.8 Å². The number of nitrogens with zero attached hydrogens (tertiary/aromatic N) is 1. The highest BCUT2D eigenvalue weighted by atomic mass is 16.1. The van der Waals surface area contributed by atoms with Crippen molar-refractivity contribution in [2.75, 3.05) is 20.6 Å². The molecule has 1 unspecified atom stereocenters. The second kappa shape index (κ2) is 9.83. The van der Waals surface area contributed by atoms with Gasteiger partial charge in [-0.2, -0.15) is 0 Å². The lowest BCUT2D eigenvalue weighted by atomic mass is 9.96. The number of hydrogen-bond acceptors (Lipinski definition) is 2. The predicted octanol–water partition coefficient (Wildman–Crippen LogP) is 3.50. The third-order valence-electron chi connectivity index (χ3n) is 3.07. The Labute approximate surface area is 101 Å². The van der Waals surface area contributed by atoms with Crippen molar-refractivity contribution in [1.82, 2.24) is 4.90 Å². The lowest BCUT2D eigenvalue weighted by Crippen LogP contribution is -2.26. The van der Waals surface area contributed by atoms with Crippen LogP contribution in [0, 0.1) is 5.92 Å². The van der Waals surface area contributed by atoms with Crippen LogP contribution in [0.15, 0.2) is 0 Å². The van der Waals surface area contributed by atoms with Gasteiger partial charge >= 0.3 is 0 Å². The van der Waals surface area contributed by atoms with Crippen molar-refractivity contribution in [3.8, 4) is 0 Å². The zero-order valence-corrected chi connectivity index (χ0v) is 11.6. The molecule has 0 saturated heterocycles. The summed E-state index contributed by atoms with van der Waals surface area (Å²) in [6.45, 7) is 4.87. The van der Waals surface area contributed by atoms with Gasteiger partial charge < -0.3 is 4.90 Å². The van der Waals surface area contributed by atoms with Gasteiger partial charge in [0.15, 0.2) is 0 Å². The maximum absolute atomic E-state index is 11.4. The minimum Gasteiger partial charge on any atom is -0.309 e. The van der Waals surface area contributed by atoms with E-state index in [1.165, 1.54) is 38.5 Å². The highest BCUT2D eigenvalue weighted by Crippen LogP contribution is 2.13. The number of carbonyl (C=O) groups excluding carboxylic acids is 1. The minimum atomic E-state index is 0.251. The molecule has 1 atom stereocenters. The van der Waals surface area contributed by atoms with E-state index in [1.54, 1.807) is 6.92 Å². The molecular weight excluding hydrogens is 198 g/mol. The van der Waals surface area contributed by atoms with Gasteiger partial charge in [-0.25, -0.2) is 0 Å². The molecule has 0 heterocycles. The molecule has 16 heavy (non-hydrogen) atoms. The fraction of sp³-hybridized carbons (Fsp3) is 0.929. The summed E-state index contributed by atoms with van der Waals surface area (Å²) in [5.41, 5.74) is 0. The molecule has 0 amide bonds. The smallest absolute Gasteiger partial charge is 0.134 e. The molecule has 0 N–H and O–H groups in total. The van der Waals surface area contributed by atoms with E-state index in [9.17, 15) is 4.79 Å². The molecule has 0 aliphatic carbocycles. The van der Waals surface area contributed by atoms with Crippen LogP contribution in [0.2, 0.25) is 0 Å². The van der Waals surface area contributed by atoms with Crippen LogP contribution < -0.4 is 0 Å². The Morgan fingerprint density at radius 3 is 2.12 bits per heavy atom. The van der Waals surface area contributed by atoms with Crippen molar-refractivity contribution >= 4 is 5.78 Å². The number of ketones is 1. The Morgan fingerprint density at radius 2 is 1.62 bits per heavy atom. The van der Waals surface area contributed by atoms with Gasteiger partial charge in [0.1, 0.15) is 5.78 Å². The summed E-state index contributed by atoms with van der Waals surface area (Å²) >= 11 is 0. The van der Waals surface area contributed by atoms with Crippen molar-refractivity contribution in [2.45, 2.75) is 58.8 Å². The maximum Gasteiger partial charge on any atom is 0.134 e. The largest absolute Gasteiger partial charge is 0.309 e. The normalized spacial score (nSPS) is 13.1. The van der Waals surface area contributed by atoms with Gasteiger partial charge in [-0.05, 0) is 27.4 Å². The zero-order valence-electron chi connectivity index (χ0n) is 11.6. The highest BCUT2D eigenvalue weighted by molar-refractivity contribution is 5.78. The van der Waals surface area contributed by atoms with Gasteiger partial charge in [-0.15, -0.1) is 0 Å². The lowest BCUT2D eigenvalue weighted by Gasteiger charge is -2.18. The van der Waals surface area contributed by atoms with Crippen LogP contribution >= 0.6 is 0 Å². The van der Waals surface area contributed by atoms with Crippen molar-refractivity contribution in [1.29, 1.82) is 0 Å². The molecule has 0 spiro atoms. The number of hydrogen-bond donors (Lipinski definition) is 0. The van der Waals surface area contributed by atoms with Crippen LogP contribution in [-0.2, 0) is 4.79 Å². The van der Waals surface area contributed by atoms with Crippen LogP contribution in [-0.4, -0.2) is 31.3 Å². The average Bonchev–Trinajstić information content (AvgIpc) is 2.20. The van der Waals surface area contributed by atoms with Gasteiger partial charge in [0, 0.05) is 12.5 Å². The highest BCUT2D eigenvalue weighted by Gasteiger charge is 2.14. The van der Waals surface area contributed by atoms with Crippen LogP contribution in [0.3, 0.4) is 0 Å². The van der Waals surface area contributed by atoms with Gasteiger partial charge in [-0.3, -0.25) is 4.79 Å². The van der Waals surface area contributed by atoms with Crippen LogP contribution in [0.25, 0.3) is 0 Å². The Kier molecular flexibility index (Phi) is 9.60. The first kappa shape index (κ1) is 15.6. The fourth-order valence-electron chi connectivity index (χ4n) is 2.03. The summed E-state index contributed by atoms with van der Waals surface area (Å²) in [4.78, 5) is 13.5. The first-order valence-corrected chi connectivity index (χ1v) is 6.73. The summed E-state index contributed by atoms with van der Waals surface area (Å²) in [6, 6.07) is 0. The van der Waals surface area contributed by atoms with Gasteiger partial charge in [0.25, 0.3) is 0 Å². The molecule has 0 radical (unpaired) electrons. The SMILES string of the molecule is CCCCCCCCC(CN(C)C)C(C)=O. The van der Waals surface area contributed by atoms with E-state index in [4.69, 9.17) is 0 Å². The third-order valence-corrected chi connectivity index (χ3v) is 3.07. The minimum absolute atomic E-state index is 0.251. The fourth-order valence-corrected chi connectivity index (χ4v) is 2.03. The monoisotopic (exact) mass is 227 g/mol. The molecule has 0 rings (SSSR count). The number of rotatable bonds is 10. The summed E-state index contributed by atoms with van der Waals surface area (Å²) in [7, 11) is 4.08. The molecule has 0 fully saturated rings. The molecule has 0 aromatic carbocycles. The Hall–Kier alpha value is -0.370. The number of unbranched alkanes of at least 4 members (excludes halogenated alkanes) is 5. The number of carbonyl (C=O) groups is 1. The summed E-state index contributed by atoms with van der Waals surface area (Å²) in [5, 5.41) is 0. The molecule has 0 aliphatic heterocycles. The van der Waals surface area contributed by atoms with Gasteiger partial charge in [0.2, 0.25) is 0 Å². The first-order chi connectivity index (χ1) is 7.57. The number of Topliss-reactive ketones (excluding diaryl/α,β-unsaturated/α-hetero) is 1. The van der Waals surface area contributed by atoms with E-state index >= 15 is 0 Å². The Bertz CT molecular complexity index is 178. The molecule has 0 aromatic rings.